The molecule has 0 radical (unpaired) electrons. The maximum Gasteiger partial charge on any atom is 0.338 e. The highest BCUT2D eigenvalue weighted by atomic mass is 32.1. The Balaban J connectivity index is 1.93. The zero-order valence-electron chi connectivity index (χ0n) is 20.1. The van der Waals surface area contributed by atoms with E-state index < -0.39 is 16.9 Å². The molecule has 1 aliphatic rings. The number of ether oxygens (including phenoxy) is 1. The van der Waals surface area contributed by atoms with Crippen LogP contribution in [0.25, 0.3) is 6.08 Å². The minimum Gasteiger partial charge on any atom is -0.466 e. The topological polar surface area (TPSA) is 104 Å². The summed E-state index contributed by atoms with van der Waals surface area (Å²) in [6, 6.07) is 13.2. The molecule has 2 heterocycles. The number of benzene rings is 2. The number of aromatic nitrogens is 1. The first kappa shape index (κ1) is 24.3. The summed E-state index contributed by atoms with van der Waals surface area (Å²) in [5, 5.41) is 11.1. The highest BCUT2D eigenvalue weighted by Gasteiger charge is 2.33. The summed E-state index contributed by atoms with van der Waals surface area (Å²) in [6.45, 7) is 8.06. The minimum atomic E-state index is -0.708. The van der Waals surface area contributed by atoms with Crippen LogP contribution < -0.4 is 14.9 Å². The first-order chi connectivity index (χ1) is 16.5. The van der Waals surface area contributed by atoms with Crippen molar-refractivity contribution < 1.29 is 14.5 Å². The predicted molar refractivity (Wildman–Crippen MR) is 134 cm³/mol. The van der Waals surface area contributed by atoms with Crippen LogP contribution in [-0.2, 0) is 14.9 Å². The number of non-ortho nitro benzene ring substituents is 1. The van der Waals surface area contributed by atoms with Gasteiger partial charge in [-0.15, -0.1) is 0 Å². The van der Waals surface area contributed by atoms with Gasteiger partial charge in [-0.2, -0.15) is 0 Å². The number of allylic oxidation sites excluding steroid dienone is 1. The van der Waals surface area contributed by atoms with Crippen molar-refractivity contribution in [2.24, 2.45) is 4.99 Å². The van der Waals surface area contributed by atoms with Crippen LogP contribution in [0.5, 0.6) is 0 Å². The van der Waals surface area contributed by atoms with Gasteiger partial charge in [0.15, 0.2) is 4.80 Å². The number of nitro benzene ring substituents is 1. The standard InChI is InChI=1S/C26H25N3O5S/c1-15-21(24(31)34-5)22(17-9-11-18(12-10-17)26(2,3)4)28-23(30)20(35-25(28)27-15)14-16-7-6-8-19(13-16)29(32)33/h6-14,22H,1-5H3/b20-14-/t22-/m0/s1. The summed E-state index contributed by atoms with van der Waals surface area (Å²) in [5.74, 6) is -0.552. The van der Waals surface area contributed by atoms with E-state index in [0.717, 1.165) is 11.1 Å². The van der Waals surface area contributed by atoms with Crippen molar-refractivity contribution in [2.75, 3.05) is 7.11 Å². The molecule has 9 heteroatoms. The van der Waals surface area contributed by atoms with E-state index in [9.17, 15) is 19.7 Å². The lowest BCUT2D eigenvalue weighted by Gasteiger charge is -2.25. The Hall–Kier alpha value is -3.85. The summed E-state index contributed by atoms with van der Waals surface area (Å²) in [6.07, 6.45) is 1.60. The SMILES string of the molecule is COC(=O)C1=C(C)N=c2s/c(=C\c3cccc([N+](=O)[O-])c3)c(=O)n2[C@H]1c1ccc(C(C)(C)C)cc1. The minimum absolute atomic E-state index is 0.0534. The lowest BCUT2D eigenvalue weighted by molar-refractivity contribution is -0.384. The molecule has 0 saturated carbocycles. The van der Waals surface area contributed by atoms with Crippen LogP contribution in [0.3, 0.4) is 0 Å². The summed E-state index contributed by atoms with van der Waals surface area (Å²) in [4.78, 5) is 42.0. The highest BCUT2D eigenvalue weighted by molar-refractivity contribution is 7.07. The van der Waals surface area contributed by atoms with Gasteiger partial charge in [-0.25, -0.2) is 9.79 Å². The quantitative estimate of drug-likeness (QED) is 0.315. The lowest BCUT2D eigenvalue weighted by Crippen LogP contribution is -2.39. The summed E-state index contributed by atoms with van der Waals surface area (Å²) in [5.41, 5.74) is 2.73. The number of hydrogen-bond acceptors (Lipinski definition) is 7. The van der Waals surface area contributed by atoms with Crippen molar-refractivity contribution in [3.63, 3.8) is 0 Å². The van der Waals surface area contributed by atoms with E-state index in [4.69, 9.17) is 4.74 Å². The Morgan fingerprint density at radius 1 is 1.20 bits per heavy atom. The number of thiazole rings is 1. The summed E-state index contributed by atoms with van der Waals surface area (Å²) in [7, 11) is 1.30. The summed E-state index contributed by atoms with van der Waals surface area (Å²) < 4.78 is 6.90. The van der Waals surface area contributed by atoms with Crippen LogP contribution in [0.4, 0.5) is 5.69 Å². The van der Waals surface area contributed by atoms with Crippen molar-refractivity contribution in [1.29, 1.82) is 0 Å². The first-order valence-electron chi connectivity index (χ1n) is 11.0. The zero-order valence-corrected chi connectivity index (χ0v) is 20.9. The van der Waals surface area contributed by atoms with Crippen LogP contribution in [0.15, 0.2) is 69.6 Å². The van der Waals surface area contributed by atoms with E-state index in [2.05, 4.69) is 25.8 Å². The largest absolute Gasteiger partial charge is 0.466 e. The van der Waals surface area contributed by atoms with Crippen molar-refractivity contribution in [3.8, 4) is 0 Å². The van der Waals surface area contributed by atoms with E-state index in [1.165, 1.54) is 35.1 Å². The Labute approximate surface area is 205 Å². The Morgan fingerprint density at radius 3 is 2.49 bits per heavy atom. The fourth-order valence-electron chi connectivity index (χ4n) is 4.05. The van der Waals surface area contributed by atoms with Crippen LogP contribution in [0.1, 0.15) is 50.4 Å². The average molecular weight is 492 g/mol. The normalized spacial score (nSPS) is 16.0. The molecule has 0 bridgehead atoms. The molecule has 1 aliphatic heterocycles. The van der Waals surface area contributed by atoms with Gasteiger partial charge in [-0.05, 0) is 35.1 Å². The molecule has 180 valence electrons. The predicted octanol–water partition coefficient (Wildman–Crippen LogP) is 3.61. The van der Waals surface area contributed by atoms with Crippen molar-refractivity contribution in [3.05, 3.63) is 106 Å². The second-order valence-electron chi connectivity index (χ2n) is 9.30. The number of rotatable bonds is 4. The molecule has 35 heavy (non-hydrogen) atoms. The molecule has 0 fully saturated rings. The van der Waals surface area contributed by atoms with Crippen LogP contribution in [0, 0.1) is 10.1 Å². The van der Waals surface area contributed by atoms with Crippen LogP contribution in [0.2, 0.25) is 0 Å². The zero-order chi connectivity index (χ0) is 25.5. The van der Waals surface area contributed by atoms with Crippen molar-refractivity contribution in [2.45, 2.75) is 39.2 Å². The number of carbonyl (C=O) groups excluding carboxylic acids is 1. The number of carbonyl (C=O) groups is 1. The molecule has 0 unspecified atom stereocenters. The third-order valence-corrected chi connectivity index (χ3v) is 6.88. The molecule has 0 N–H and O–H groups in total. The third kappa shape index (κ3) is 4.59. The molecule has 0 saturated heterocycles. The highest BCUT2D eigenvalue weighted by Crippen LogP contribution is 2.32. The van der Waals surface area contributed by atoms with Gasteiger partial charge in [0.2, 0.25) is 0 Å². The molecule has 0 amide bonds. The van der Waals surface area contributed by atoms with Gasteiger partial charge in [0, 0.05) is 12.1 Å². The van der Waals surface area contributed by atoms with Crippen molar-refractivity contribution >= 4 is 29.1 Å². The molecule has 3 aromatic rings. The number of nitrogens with zero attached hydrogens (tertiary/aromatic N) is 3. The van der Waals surface area contributed by atoms with Gasteiger partial charge in [-0.3, -0.25) is 19.5 Å². The van der Waals surface area contributed by atoms with Gasteiger partial charge in [-0.1, -0.05) is 68.5 Å². The molecule has 4 rings (SSSR count). The molecule has 1 aromatic heterocycles. The molecule has 8 nitrogen and oxygen atoms in total. The van der Waals surface area contributed by atoms with E-state index in [0.29, 0.717) is 26.2 Å². The number of nitro groups is 1. The molecular formula is C26H25N3O5S. The van der Waals surface area contributed by atoms with Gasteiger partial charge in [0.25, 0.3) is 11.2 Å². The molecular weight excluding hydrogens is 466 g/mol. The second kappa shape index (κ2) is 9.07. The molecule has 2 aromatic carbocycles. The molecule has 1 atom stereocenters. The van der Waals surface area contributed by atoms with E-state index in [1.807, 2.05) is 24.3 Å². The molecule has 0 aliphatic carbocycles. The maximum atomic E-state index is 13.6. The Bertz CT molecular complexity index is 1540. The van der Waals surface area contributed by atoms with E-state index in [-0.39, 0.29) is 16.7 Å². The van der Waals surface area contributed by atoms with E-state index >= 15 is 0 Å². The third-order valence-electron chi connectivity index (χ3n) is 5.90. The van der Waals surface area contributed by atoms with Gasteiger partial charge < -0.3 is 4.74 Å². The number of methoxy groups -OCH3 is 1. The number of hydrogen-bond donors (Lipinski definition) is 0. The van der Waals surface area contributed by atoms with Gasteiger partial charge in [0.1, 0.15) is 0 Å². The average Bonchev–Trinajstić information content (AvgIpc) is 3.11. The lowest BCUT2D eigenvalue weighted by atomic mass is 9.85. The van der Waals surface area contributed by atoms with Crippen LogP contribution in [-0.4, -0.2) is 22.6 Å². The second-order valence-corrected chi connectivity index (χ2v) is 10.3. The summed E-state index contributed by atoms with van der Waals surface area (Å²) >= 11 is 1.17. The number of fused-ring (bicyclic) bond motifs is 1. The number of esters is 1. The van der Waals surface area contributed by atoms with Gasteiger partial charge in [0.05, 0.1) is 33.9 Å². The fraction of sp³-hybridized carbons (Fsp3) is 0.269. The van der Waals surface area contributed by atoms with Crippen LogP contribution >= 0.6 is 11.3 Å². The maximum absolute atomic E-state index is 13.6. The fourth-order valence-corrected chi connectivity index (χ4v) is 5.10. The van der Waals surface area contributed by atoms with Crippen molar-refractivity contribution in [1.82, 2.24) is 4.57 Å². The van der Waals surface area contributed by atoms with E-state index in [1.54, 1.807) is 25.1 Å². The Morgan fingerprint density at radius 2 is 1.89 bits per heavy atom. The smallest absolute Gasteiger partial charge is 0.338 e. The first-order valence-corrected chi connectivity index (χ1v) is 11.8. The monoisotopic (exact) mass is 491 g/mol. The Kier molecular flexibility index (Phi) is 6.29. The molecule has 0 spiro atoms. The van der Waals surface area contributed by atoms with Gasteiger partial charge >= 0.3 is 5.97 Å².